The summed E-state index contributed by atoms with van der Waals surface area (Å²) >= 11 is 0. The Morgan fingerprint density at radius 2 is 2.00 bits per heavy atom. The molecular weight excluding hydrogens is 232 g/mol. The van der Waals surface area contributed by atoms with Gasteiger partial charge in [-0.15, -0.1) is 0 Å². The minimum Gasteiger partial charge on any atom is -0.312 e. The van der Waals surface area contributed by atoms with E-state index in [2.05, 4.69) is 62.3 Å². The van der Waals surface area contributed by atoms with Gasteiger partial charge in [0.05, 0.1) is 0 Å². The Morgan fingerprint density at radius 1 is 1.26 bits per heavy atom. The minimum absolute atomic E-state index is 0.446. The van der Waals surface area contributed by atoms with Gasteiger partial charge >= 0.3 is 0 Å². The second-order valence-corrected chi connectivity index (χ2v) is 6.20. The lowest BCUT2D eigenvalue weighted by atomic mass is 9.88. The number of hydrogen-bond acceptors (Lipinski definition) is 2. The molecule has 2 rings (SSSR count). The molecule has 0 saturated carbocycles. The molecule has 1 N–H and O–H groups in total. The Labute approximate surface area is 118 Å². The van der Waals surface area contributed by atoms with Crippen LogP contribution >= 0.6 is 0 Å². The van der Waals surface area contributed by atoms with Crippen molar-refractivity contribution in [2.75, 3.05) is 26.7 Å². The first kappa shape index (κ1) is 14.5. The second-order valence-electron chi connectivity index (χ2n) is 6.20. The molecule has 1 aromatic rings. The van der Waals surface area contributed by atoms with E-state index in [4.69, 9.17) is 0 Å². The second kappa shape index (κ2) is 6.53. The van der Waals surface area contributed by atoms with Gasteiger partial charge < -0.3 is 10.2 Å². The van der Waals surface area contributed by atoms with Crippen molar-refractivity contribution in [2.24, 2.45) is 11.8 Å². The van der Waals surface area contributed by atoms with Crippen molar-refractivity contribution < 1.29 is 0 Å². The molecule has 2 heteroatoms. The highest BCUT2D eigenvalue weighted by molar-refractivity contribution is 5.29. The number of aryl methyl sites for hydroxylation is 1. The molecule has 0 amide bonds. The minimum atomic E-state index is 0.446. The van der Waals surface area contributed by atoms with E-state index < -0.39 is 0 Å². The van der Waals surface area contributed by atoms with Gasteiger partial charge in [0, 0.05) is 19.1 Å². The third kappa shape index (κ3) is 3.58. The molecule has 19 heavy (non-hydrogen) atoms. The summed E-state index contributed by atoms with van der Waals surface area (Å²) in [6.07, 6.45) is 1.34. The number of benzene rings is 1. The van der Waals surface area contributed by atoms with Crippen LogP contribution < -0.4 is 5.32 Å². The number of nitrogens with zero attached hydrogens (tertiary/aromatic N) is 1. The van der Waals surface area contributed by atoms with E-state index in [1.165, 1.54) is 30.6 Å². The zero-order chi connectivity index (χ0) is 13.8. The van der Waals surface area contributed by atoms with Crippen molar-refractivity contribution in [3.05, 3.63) is 35.4 Å². The normalized spacial score (nSPS) is 26.3. The molecule has 2 nitrogen and oxygen atoms in total. The Morgan fingerprint density at radius 3 is 2.63 bits per heavy atom. The Balaban J connectivity index is 2.02. The van der Waals surface area contributed by atoms with E-state index in [1.54, 1.807) is 0 Å². The van der Waals surface area contributed by atoms with Crippen LogP contribution in [0, 0.1) is 18.8 Å². The number of likely N-dealkylation sites (tertiary alicyclic amines) is 1. The van der Waals surface area contributed by atoms with Crippen LogP contribution in [0.1, 0.15) is 37.4 Å². The molecule has 1 fully saturated rings. The predicted octanol–water partition coefficient (Wildman–Crippen LogP) is 3.23. The number of hydrogen-bond donors (Lipinski definition) is 1. The molecule has 3 atom stereocenters. The average Bonchev–Trinajstić information content (AvgIpc) is 2.41. The standard InChI is InChI=1S/C17H28N2/c1-13-9-10-19(11-15(13)3)12-17(18-4)16-8-6-5-7-14(16)2/h5-8,13,15,17-18H,9-12H2,1-4H3. The highest BCUT2D eigenvalue weighted by Crippen LogP contribution is 2.25. The third-order valence-electron chi connectivity index (χ3n) is 4.77. The van der Waals surface area contributed by atoms with Gasteiger partial charge in [0.25, 0.3) is 0 Å². The molecule has 1 saturated heterocycles. The zero-order valence-corrected chi connectivity index (χ0v) is 12.8. The van der Waals surface area contributed by atoms with Gasteiger partial charge in [-0.3, -0.25) is 0 Å². The van der Waals surface area contributed by atoms with E-state index >= 15 is 0 Å². The summed E-state index contributed by atoms with van der Waals surface area (Å²) in [7, 11) is 2.08. The van der Waals surface area contributed by atoms with Gasteiger partial charge in [0.1, 0.15) is 0 Å². The summed E-state index contributed by atoms with van der Waals surface area (Å²) in [5, 5.41) is 3.49. The van der Waals surface area contributed by atoms with Crippen LogP contribution in [-0.2, 0) is 0 Å². The maximum Gasteiger partial charge on any atom is 0.0449 e. The summed E-state index contributed by atoms with van der Waals surface area (Å²) < 4.78 is 0. The Bertz CT molecular complexity index is 402. The predicted molar refractivity (Wildman–Crippen MR) is 82.4 cm³/mol. The lowest BCUT2D eigenvalue weighted by Crippen LogP contribution is -2.42. The number of rotatable bonds is 4. The van der Waals surface area contributed by atoms with Crippen molar-refractivity contribution >= 4 is 0 Å². The maximum atomic E-state index is 3.49. The topological polar surface area (TPSA) is 15.3 Å². The van der Waals surface area contributed by atoms with Crippen molar-refractivity contribution in [1.82, 2.24) is 10.2 Å². The van der Waals surface area contributed by atoms with E-state index in [0.717, 1.165) is 18.4 Å². The smallest absolute Gasteiger partial charge is 0.0449 e. The van der Waals surface area contributed by atoms with Crippen molar-refractivity contribution in [3.8, 4) is 0 Å². The fourth-order valence-corrected chi connectivity index (χ4v) is 3.10. The van der Waals surface area contributed by atoms with Crippen LogP contribution in [0.2, 0.25) is 0 Å². The van der Waals surface area contributed by atoms with E-state index in [1.807, 2.05) is 0 Å². The first-order valence-corrected chi connectivity index (χ1v) is 7.57. The van der Waals surface area contributed by atoms with E-state index in [0.29, 0.717) is 6.04 Å². The summed E-state index contributed by atoms with van der Waals surface area (Å²) in [4.78, 5) is 2.62. The summed E-state index contributed by atoms with van der Waals surface area (Å²) in [6, 6.07) is 9.18. The van der Waals surface area contributed by atoms with Crippen LogP contribution in [0.15, 0.2) is 24.3 Å². The molecule has 1 heterocycles. The monoisotopic (exact) mass is 260 g/mol. The zero-order valence-electron chi connectivity index (χ0n) is 12.8. The lowest BCUT2D eigenvalue weighted by molar-refractivity contribution is 0.128. The summed E-state index contributed by atoms with van der Waals surface area (Å²) in [5.74, 6) is 1.70. The SMILES string of the molecule is CNC(CN1CCC(C)C(C)C1)c1ccccc1C. The van der Waals surface area contributed by atoms with E-state index in [-0.39, 0.29) is 0 Å². The van der Waals surface area contributed by atoms with Gasteiger partial charge in [0.2, 0.25) is 0 Å². The molecule has 106 valence electrons. The third-order valence-corrected chi connectivity index (χ3v) is 4.77. The molecule has 0 aliphatic carbocycles. The highest BCUT2D eigenvalue weighted by atomic mass is 15.2. The van der Waals surface area contributed by atoms with Crippen molar-refractivity contribution in [1.29, 1.82) is 0 Å². The van der Waals surface area contributed by atoms with E-state index in [9.17, 15) is 0 Å². The van der Waals surface area contributed by atoms with Gasteiger partial charge in [-0.2, -0.15) is 0 Å². The Hall–Kier alpha value is -0.860. The van der Waals surface area contributed by atoms with Crippen LogP contribution in [-0.4, -0.2) is 31.6 Å². The molecule has 3 unspecified atom stereocenters. The fraction of sp³-hybridized carbons (Fsp3) is 0.647. The highest BCUT2D eigenvalue weighted by Gasteiger charge is 2.24. The van der Waals surface area contributed by atoms with Crippen LogP contribution in [0.4, 0.5) is 0 Å². The lowest BCUT2D eigenvalue weighted by Gasteiger charge is -2.37. The van der Waals surface area contributed by atoms with Gasteiger partial charge in [-0.25, -0.2) is 0 Å². The van der Waals surface area contributed by atoms with Crippen molar-refractivity contribution in [3.63, 3.8) is 0 Å². The molecule has 0 aromatic heterocycles. The summed E-state index contributed by atoms with van der Waals surface area (Å²) in [6.45, 7) is 10.6. The molecule has 0 bridgehead atoms. The van der Waals surface area contributed by atoms with Gasteiger partial charge in [0.15, 0.2) is 0 Å². The molecule has 1 aromatic carbocycles. The first-order chi connectivity index (χ1) is 9.11. The molecule has 1 aliphatic rings. The largest absolute Gasteiger partial charge is 0.312 e. The van der Waals surface area contributed by atoms with Crippen LogP contribution in [0.3, 0.4) is 0 Å². The van der Waals surface area contributed by atoms with Crippen molar-refractivity contribution in [2.45, 2.75) is 33.2 Å². The Kier molecular flexibility index (Phi) is 5.00. The van der Waals surface area contributed by atoms with Crippen LogP contribution in [0.5, 0.6) is 0 Å². The molecule has 0 spiro atoms. The quantitative estimate of drug-likeness (QED) is 0.894. The molecule has 0 radical (unpaired) electrons. The fourth-order valence-electron chi connectivity index (χ4n) is 3.10. The van der Waals surface area contributed by atoms with Crippen LogP contribution in [0.25, 0.3) is 0 Å². The van der Waals surface area contributed by atoms with Gasteiger partial charge in [-0.05, 0) is 49.9 Å². The number of nitrogens with one attached hydrogen (secondary N) is 1. The van der Waals surface area contributed by atoms with Gasteiger partial charge in [-0.1, -0.05) is 38.1 Å². The average molecular weight is 260 g/mol. The molecular formula is C17H28N2. The first-order valence-electron chi connectivity index (χ1n) is 7.57. The number of likely N-dealkylation sites (N-methyl/N-ethyl adjacent to an activating group) is 1. The maximum absolute atomic E-state index is 3.49. The summed E-state index contributed by atoms with van der Waals surface area (Å²) in [5.41, 5.74) is 2.83. The number of piperidine rings is 1. The molecule has 1 aliphatic heterocycles.